The first kappa shape index (κ1) is 25.1. The summed E-state index contributed by atoms with van der Waals surface area (Å²) in [6.07, 6.45) is 11.4. The maximum Gasteiger partial charge on any atom is 0.261 e. The fraction of sp³-hybridized carbons (Fsp3) is 0.655. The molecular formula is C29H39N3O4. The molecule has 0 aliphatic heterocycles. The molecule has 1 amide bonds. The fourth-order valence-electron chi connectivity index (χ4n) is 8.15. The summed E-state index contributed by atoms with van der Waals surface area (Å²) >= 11 is 0. The molecule has 5 rings (SSSR count). The van der Waals surface area contributed by atoms with Gasteiger partial charge in [0, 0.05) is 11.6 Å². The number of amides is 1. The van der Waals surface area contributed by atoms with Crippen LogP contribution in [0.1, 0.15) is 77.8 Å². The van der Waals surface area contributed by atoms with Crippen molar-refractivity contribution in [1.82, 2.24) is 10.3 Å². The molecule has 0 unspecified atom stereocenters. The maximum absolute atomic E-state index is 12.4. The van der Waals surface area contributed by atoms with E-state index < -0.39 is 5.60 Å². The number of nitrogens with zero attached hydrogens (tertiary/aromatic N) is 2. The van der Waals surface area contributed by atoms with Gasteiger partial charge in [0.1, 0.15) is 5.60 Å². The second-order valence-corrected chi connectivity index (χ2v) is 11.9. The molecule has 1 heterocycles. The maximum atomic E-state index is 12.4. The SMILES string of the molecule is CC(=O)[C@]1(O)CC[C@@H]2[C@@H]3CCC4=CC(=NOCC(=O)NCc5ccccn5)CC[C@]4(C)[C@@H]3CC[C@@]21C. The van der Waals surface area contributed by atoms with Crippen LogP contribution in [0, 0.1) is 28.6 Å². The first-order valence-corrected chi connectivity index (χ1v) is 13.5. The predicted octanol–water partition coefficient (Wildman–Crippen LogP) is 4.35. The summed E-state index contributed by atoms with van der Waals surface area (Å²) < 4.78 is 0. The Hall–Kier alpha value is -2.54. The van der Waals surface area contributed by atoms with Gasteiger partial charge >= 0.3 is 0 Å². The number of hydrogen-bond acceptors (Lipinski definition) is 6. The molecular weight excluding hydrogens is 454 g/mol. The van der Waals surface area contributed by atoms with E-state index in [0.29, 0.717) is 30.7 Å². The number of nitrogens with one attached hydrogen (secondary N) is 1. The van der Waals surface area contributed by atoms with Gasteiger partial charge in [0.2, 0.25) is 0 Å². The number of ketones is 1. The molecule has 0 bridgehead atoms. The van der Waals surface area contributed by atoms with Crippen LogP contribution in [0.4, 0.5) is 0 Å². The number of carbonyl (C=O) groups is 2. The summed E-state index contributed by atoms with van der Waals surface area (Å²) in [6.45, 7) is 6.41. The highest BCUT2D eigenvalue weighted by Crippen LogP contribution is 2.67. The summed E-state index contributed by atoms with van der Waals surface area (Å²) in [7, 11) is 0. The van der Waals surface area contributed by atoms with Crippen molar-refractivity contribution in [2.24, 2.45) is 33.7 Å². The normalized spacial score (nSPS) is 38.4. The Morgan fingerprint density at radius 2 is 1.94 bits per heavy atom. The molecule has 0 spiro atoms. The Morgan fingerprint density at radius 3 is 2.69 bits per heavy atom. The Kier molecular flexibility index (Phi) is 6.56. The molecule has 4 aliphatic carbocycles. The molecule has 0 saturated heterocycles. The second-order valence-electron chi connectivity index (χ2n) is 11.9. The molecule has 0 radical (unpaired) electrons. The molecule has 3 saturated carbocycles. The topological polar surface area (TPSA) is 101 Å². The lowest BCUT2D eigenvalue weighted by atomic mass is 9.46. The Bertz CT molecular complexity index is 1090. The van der Waals surface area contributed by atoms with Gasteiger partial charge in [-0.2, -0.15) is 0 Å². The van der Waals surface area contributed by atoms with Crippen LogP contribution in [0.15, 0.2) is 41.2 Å². The van der Waals surface area contributed by atoms with Crippen LogP contribution in [0.5, 0.6) is 0 Å². The van der Waals surface area contributed by atoms with E-state index in [1.54, 1.807) is 13.1 Å². The number of aromatic nitrogens is 1. The highest BCUT2D eigenvalue weighted by molar-refractivity contribution is 5.96. The number of Topliss-reactive ketones (excluding diaryl/α,β-unsaturated/α-hetero) is 1. The van der Waals surface area contributed by atoms with Crippen LogP contribution in [-0.4, -0.2) is 39.7 Å². The zero-order chi connectivity index (χ0) is 25.6. The van der Waals surface area contributed by atoms with Crippen molar-refractivity contribution in [3.8, 4) is 0 Å². The minimum atomic E-state index is -1.16. The minimum Gasteiger partial charge on any atom is -0.385 e. The third-order valence-electron chi connectivity index (χ3n) is 10.3. The smallest absolute Gasteiger partial charge is 0.261 e. The molecule has 7 heteroatoms. The highest BCUT2D eigenvalue weighted by atomic mass is 16.6. The van der Waals surface area contributed by atoms with E-state index in [4.69, 9.17) is 4.84 Å². The Morgan fingerprint density at radius 1 is 1.14 bits per heavy atom. The lowest BCUT2D eigenvalue weighted by molar-refractivity contribution is -0.159. The Labute approximate surface area is 213 Å². The molecule has 3 fully saturated rings. The van der Waals surface area contributed by atoms with Crippen molar-refractivity contribution in [1.29, 1.82) is 0 Å². The largest absolute Gasteiger partial charge is 0.385 e. The van der Waals surface area contributed by atoms with E-state index in [1.165, 1.54) is 5.57 Å². The number of carbonyl (C=O) groups excluding carboxylic acids is 2. The quantitative estimate of drug-likeness (QED) is 0.574. The first-order valence-electron chi connectivity index (χ1n) is 13.5. The van der Waals surface area contributed by atoms with Crippen molar-refractivity contribution < 1.29 is 19.5 Å². The molecule has 194 valence electrons. The number of pyridine rings is 1. The average Bonchev–Trinajstić information content (AvgIpc) is 3.15. The number of fused-ring (bicyclic) bond motifs is 5. The average molecular weight is 494 g/mol. The van der Waals surface area contributed by atoms with Crippen LogP contribution in [0.25, 0.3) is 0 Å². The molecule has 7 nitrogen and oxygen atoms in total. The third kappa shape index (κ3) is 4.09. The standard InChI is InChI=1S/C29H39N3O4/c1-19(33)29(35)14-11-25-23-8-7-20-16-21(9-12-27(20,2)24(23)10-13-28(25,29)3)32-36-18-26(34)31-17-22-6-4-5-15-30-22/h4-6,15-16,23-25,35H,7-14,17-18H2,1-3H3,(H,31,34)/t23-,24-,25-,27+,28+,29-/m1/s1. The number of oxime groups is 1. The number of rotatable bonds is 6. The second kappa shape index (κ2) is 9.40. The van der Waals surface area contributed by atoms with Crippen molar-refractivity contribution in [2.45, 2.75) is 84.3 Å². The zero-order valence-electron chi connectivity index (χ0n) is 21.8. The van der Waals surface area contributed by atoms with Gasteiger partial charge < -0.3 is 15.3 Å². The summed E-state index contributed by atoms with van der Waals surface area (Å²) in [6, 6.07) is 5.60. The summed E-state index contributed by atoms with van der Waals surface area (Å²) in [5.74, 6) is 1.26. The summed E-state index contributed by atoms with van der Waals surface area (Å²) in [4.78, 5) is 34.1. The van der Waals surface area contributed by atoms with Gasteiger partial charge in [-0.3, -0.25) is 14.6 Å². The lowest BCUT2D eigenvalue weighted by Gasteiger charge is -2.59. The van der Waals surface area contributed by atoms with E-state index in [9.17, 15) is 14.7 Å². The Balaban J connectivity index is 1.22. The van der Waals surface area contributed by atoms with Crippen LogP contribution >= 0.6 is 0 Å². The van der Waals surface area contributed by atoms with Crippen LogP contribution in [-0.2, 0) is 21.0 Å². The molecule has 0 aromatic carbocycles. The minimum absolute atomic E-state index is 0.0579. The number of hydrogen-bond donors (Lipinski definition) is 2. The first-order chi connectivity index (χ1) is 17.2. The number of allylic oxidation sites excluding steroid dienone is 2. The van der Waals surface area contributed by atoms with Crippen LogP contribution < -0.4 is 5.32 Å². The van der Waals surface area contributed by atoms with E-state index in [0.717, 1.165) is 56.4 Å². The molecule has 2 N–H and O–H groups in total. The van der Waals surface area contributed by atoms with Gasteiger partial charge in [0.05, 0.1) is 18.0 Å². The van der Waals surface area contributed by atoms with E-state index in [1.807, 2.05) is 18.2 Å². The summed E-state index contributed by atoms with van der Waals surface area (Å²) in [5.41, 5.74) is 1.82. The van der Waals surface area contributed by atoms with Crippen molar-refractivity contribution >= 4 is 17.4 Å². The number of aliphatic hydroxyl groups is 1. The van der Waals surface area contributed by atoms with Crippen molar-refractivity contribution in [3.63, 3.8) is 0 Å². The van der Waals surface area contributed by atoms with Gasteiger partial charge in [-0.25, -0.2) is 0 Å². The van der Waals surface area contributed by atoms with Crippen LogP contribution in [0.2, 0.25) is 0 Å². The van der Waals surface area contributed by atoms with Crippen molar-refractivity contribution in [3.05, 3.63) is 41.7 Å². The lowest BCUT2D eigenvalue weighted by Crippen LogP contribution is -2.57. The van der Waals surface area contributed by atoms with Gasteiger partial charge in [-0.1, -0.05) is 30.6 Å². The van der Waals surface area contributed by atoms with Crippen molar-refractivity contribution in [2.75, 3.05) is 6.61 Å². The highest BCUT2D eigenvalue weighted by Gasteiger charge is 2.65. The monoisotopic (exact) mass is 493 g/mol. The molecule has 4 aliphatic rings. The third-order valence-corrected chi connectivity index (χ3v) is 10.3. The summed E-state index contributed by atoms with van der Waals surface area (Å²) in [5, 5.41) is 18.4. The molecule has 1 aromatic heterocycles. The van der Waals surface area contributed by atoms with Gasteiger partial charge in [0.15, 0.2) is 12.4 Å². The zero-order valence-corrected chi connectivity index (χ0v) is 21.8. The van der Waals surface area contributed by atoms with Crippen LogP contribution in [0.3, 0.4) is 0 Å². The van der Waals surface area contributed by atoms with E-state index in [-0.39, 0.29) is 29.1 Å². The molecule has 1 aromatic rings. The predicted molar refractivity (Wildman–Crippen MR) is 137 cm³/mol. The van der Waals surface area contributed by atoms with Gasteiger partial charge in [-0.05, 0) is 99.7 Å². The van der Waals surface area contributed by atoms with E-state index in [2.05, 4.69) is 35.4 Å². The van der Waals surface area contributed by atoms with Gasteiger partial charge in [0.25, 0.3) is 5.91 Å². The molecule has 36 heavy (non-hydrogen) atoms. The van der Waals surface area contributed by atoms with E-state index >= 15 is 0 Å². The molecule has 6 atom stereocenters. The fourth-order valence-corrected chi connectivity index (χ4v) is 8.15. The van der Waals surface area contributed by atoms with Gasteiger partial charge in [-0.15, -0.1) is 0 Å².